The molecule has 0 saturated heterocycles. The molecule has 2 amide bonds. The van der Waals surface area contributed by atoms with Crippen molar-refractivity contribution in [2.45, 2.75) is 13.0 Å². The number of hydrogen-bond donors (Lipinski definition) is 2. The number of nitriles is 1. The molecule has 1 atom stereocenters. The number of aromatic nitrogens is 5. The van der Waals surface area contributed by atoms with Gasteiger partial charge in [-0.05, 0) is 13.0 Å². The van der Waals surface area contributed by atoms with Crippen LogP contribution in [0.25, 0.3) is 5.82 Å². The predicted molar refractivity (Wildman–Crippen MR) is 101 cm³/mol. The highest BCUT2D eigenvalue weighted by Gasteiger charge is 2.18. The van der Waals surface area contributed by atoms with Crippen molar-refractivity contribution in [1.82, 2.24) is 25.0 Å². The van der Waals surface area contributed by atoms with E-state index in [0.717, 1.165) is 0 Å². The van der Waals surface area contributed by atoms with Crippen molar-refractivity contribution in [3.8, 4) is 11.9 Å². The molecule has 3 aromatic rings. The molecule has 3 heterocycles. The van der Waals surface area contributed by atoms with Gasteiger partial charge in [0.05, 0.1) is 52.9 Å². The first-order valence-electron chi connectivity index (χ1n) is 8.04. The topological polar surface area (TPSA) is 131 Å². The lowest BCUT2D eigenvalue weighted by molar-refractivity contribution is 0.120. The van der Waals surface area contributed by atoms with E-state index < -0.39 is 12.1 Å². The number of pyridine rings is 2. The van der Waals surface area contributed by atoms with Gasteiger partial charge < -0.3 is 15.4 Å². The quantitative estimate of drug-likeness (QED) is 0.675. The Bertz CT molecular complexity index is 1030. The molecule has 142 valence electrons. The molecule has 0 unspecified atom stereocenters. The molecule has 0 aliphatic heterocycles. The molecule has 0 fully saturated rings. The fourth-order valence-corrected chi connectivity index (χ4v) is 2.71. The standard InChI is InChI=1S/C17H15ClN8O2/c1-10(28-2)15-11(6-19)7-20-9-14(15)25-17(27)24-12-5-13(18)16(21-8-12)26-22-3-4-23-26/h3-5,7-10H,1-2H3,(H2,24,25,27)/t10-/m0/s1. The number of nitrogens with zero attached hydrogens (tertiary/aromatic N) is 6. The molecule has 0 radical (unpaired) electrons. The largest absolute Gasteiger partial charge is 0.377 e. The van der Waals surface area contributed by atoms with Crippen LogP contribution in [0.2, 0.25) is 5.02 Å². The molecular weight excluding hydrogens is 384 g/mol. The first-order valence-corrected chi connectivity index (χ1v) is 8.42. The molecule has 0 aliphatic rings. The molecule has 0 aliphatic carbocycles. The number of methoxy groups -OCH3 is 1. The van der Waals surface area contributed by atoms with Gasteiger partial charge in [-0.25, -0.2) is 9.78 Å². The minimum Gasteiger partial charge on any atom is -0.377 e. The maximum absolute atomic E-state index is 12.4. The van der Waals surface area contributed by atoms with Gasteiger partial charge in [0.2, 0.25) is 0 Å². The average Bonchev–Trinajstić information content (AvgIpc) is 3.21. The van der Waals surface area contributed by atoms with Crippen molar-refractivity contribution < 1.29 is 9.53 Å². The number of hydrogen-bond acceptors (Lipinski definition) is 7. The maximum Gasteiger partial charge on any atom is 0.323 e. The minimum atomic E-state index is -0.552. The second-order valence-electron chi connectivity index (χ2n) is 5.57. The molecule has 10 nitrogen and oxygen atoms in total. The number of urea groups is 1. The molecule has 11 heteroatoms. The second kappa shape index (κ2) is 8.43. The average molecular weight is 399 g/mol. The number of anilines is 2. The molecule has 0 spiro atoms. The Morgan fingerprint density at radius 2 is 2.04 bits per heavy atom. The summed E-state index contributed by atoms with van der Waals surface area (Å²) in [5.74, 6) is 0.333. The monoisotopic (exact) mass is 398 g/mol. The predicted octanol–water partition coefficient (Wildman–Crippen LogP) is 2.93. The van der Waals surface area contributed by atoms with Gasteiger partial charge in [0.25, 0.3) is 0 Å². The number of nitrogens with one attached hydrogen (secondary N) is 2. The van der Waals surface area contributed by atoms with Crippen molar-refractivity contribution in [3.63, 3.8) is 0 Å². The lowest BCUT2D eigenvalue weighted by Gasteiger charge is -2.17. The zero-order valence-electron chi connectivity index (χ0n) is 14.9. The van der Waals surface area contributed by atoms with Crippen molar-refractivity contribution in [3.05, 3.63) is 53.2 Å². The summed E-state index contributed by atoms with van der Waals surface area (Å²) in [4.78, 5) is 21.8. The lowest BCUT2D eigenvalue weighted by atomic mass is 10.0. The number of halogens is 1. The Hall–Kier alpha value is -3.55. The van der Waals surface area contributed by atoms with Crippen molar-refractivity contribution in [2.75, 3.05) is 17.7 Å². The van der Waals surface area contributed by atoms with Crippen LogP contribution in [0.15, 0.2) is 37.1 Å². The van der Waals surface area contributed by atoms with E-state index in [1.54, 1.807) is 6.92 Å². The van der Waals surface area contributed by atoms with Gasteiger partial charge in [0.15, 0.2) is 5.82 Å². The molecule has 0 saturated carbocycles. The van der Waals surface area contributed by atoms with E-state index in [9.17, 15) is 10.1 Å². The summed E-state index contributed by atoms with van der Waals surface area (Å²) in [5, 5.41) is 22.8. The lowest BCUT2D eigenvalue weighted by Crippen LogP contribution is -2.21. The van der Waals surface area contributed by atoms with Gasteiger partial charge in [0.1, 0.15) is 6.07 Å². The number of amides is 2. The summed E-state index contributed by atoms with van der Waals surface area (Å²) in [5.41, 5.74) is 1.57. The molecule has 0 aromatic carbocycles. The SMILES string of the molecule is CO[C@@H](C)c1c(C#N)cncc1NC(=O)Nc1cnc(-n2nccn2)c(Cl)c1. The third-order valence-electron chi connectivity index (χ3n) is 3.80. The molecule has 2 N–H and O–H groups in total. The second-order valence-corrected chi connectivity index (χ2v) is 5.97. The molecule has 3 rings (SSSR count). The van der Waals surface area contributed by atoms with Gasteiger partial charge in [-0.2, -0.15) is 15.5 Å². The van der Waals surface area contributed by atoms with Crippen LogP contribution in [0.3, 0.4) is 0 Å². The third-order valence-corrected chi connectivity index (χ3v) is 4.08. The van der Waals surface area contributed by atoms with E-state index in [1.165, 1.54) is 49.0 Å². The number of ether oxygens (including phenoxy) is 1. The third kappa shape index (κ3) is 4.06. The summed E-state index contributed by atoms with van der Waals surface area (Å²) in [7, 11) is 1.51. The summed E-state index contributed by atoms with van der Waals surface area (Å²) >= 11 is 6.19. The fourth-order valence-electron chi connectivity index (χ4n) is 2.47. The zero-order valence-corrected chi connectivity index (χ0v) is 15.7. The highest BCUT2D eigenvalue weighted by molar-refractivity contribution is 6.32. The van der Waals surface area contributed by atoms with Gasteiger partial charge in [-0.3, -0.25) is 4.98 Å². The Kier molecular flexibility index (Phi) is 5.78. The summed E-state index contributed by atoms with van der Waals surface area (Å²) in [6.07, 6.45) is 6.87. The molecule has 28 heavy (non-hydrogen) atoms. The number of carbonyl (C=O) groups is 1. The van der Waals surface area contributed by atoms with Crippen molar-refractivity contribution in [2.24, 2.45) is 0 Å². The highest BCUT2D eigenvalue weighted by atomic mass is 35.5. The first kappa shape index (κ1) is 19.2. The smallest absolute Gasteiger partial charge is 0.323 e. The van der Waals surface area contributed by atoms with E-state index in [0.29, 0.717) is 28.3 Å². The Labute approximate surface area is 165 Å². The Balaban J connectivity index is 1.78. The zero-order chi connectivity index (χ0) is 20.1. The van der Waals surface area contributed by atoms with Gasteiger partial charge >= 0.3 is 6.03 Å². The minimum absolute atomic E-state index is 0.260. The van der Waals surface area contributed by atoms with Crippen LogP contribution in [0.5, 0.6) is 0 Å². The Morgan fingerprint density at radius 1 is 1.29 bits per heavy atom. The van der Waals surface area contributed by atoms with E-state index in [2.05, 4.69) is 30.8 Å². The maximum atomic E-state index is 12.4. The van der Waals surface area contributed by atoms with Gasteiger partial charge in [0, 0.05) is 18.9 Å². The van der Waals surface area contributed by atoms with Crippen molar-refractivity contribution >= 4 is 29.0 Å². The fraction of sp³-hybridized carbons (Fsp3) is 0.176. The number of rotatable bonds is 5. The van der Waals surface area contributed by atoms with Gasteiger partial charge in [-0.1, -0.05) is 11.6 Å². The van der Waals surface area contributed by atoms with Crippen molar-refractivity contribution in [1.29, 1.82) is 5.26 Å². The van der Waals surface area contributed by atoms with E-state index >= 15 is 0 Å². The van der Waals surface area contributed by atoms with Crippen LogP contribution in [0, 0.1) is 11.3 Å². The molecule has 0 bridgehead atoms. The first-order chi connectivity index (χ1) is 13.5. The van der Waals surface area contributed by atoms with E-state index in [4.69, 9.17) is 16.3 Å². The summed E-state index contributed by atoms with van der Waals surface area (Å²) in [6, 6.07) is 3.02. The molecular formula is C17H15ClN8O2. The summed E-state index contributed by atoms with van der Waals surface area (Å²) in [6.45, 7) is 1.77. The van der Waals surface area contributed by atoms with Crippen LogP contribution in [-0.4, -0.2) is 38.1 Å². The number of carbonyl (C=O) groups excluding carboxylic acids is 1. The van der Waals surface area contributed by atoms with Crippen LogP contribution >= 0.6 is 11.6 Å². The Morgan fingerprint density at radius 3 is 2.68 bits per heavy atom. The molecule has 3 aromatic heterocycles. The van der Waals surface area contributed by atoms with E-state index in [-0.39, 0.29) is 5.02 Å². The van der Waals surface area contributed by atoms with E-state index in [1.807, 2.05) is 6.07 Å². The summed E-state index contributed by atoms with van der Waals surface area (Å²) < 4.78 is 5.29. The van der Waals surface area contributed by atoms with Crippen LogP contribution in [0.4, 0.5) is 16.2 Å². The normalized spacial score (nSPS) is 11.5. The highest BCUT2D eigenvalue weighted by Crippen LogP contribution is 2.28. The van der Waals surface area contributed by atoms with Crippen LogP contribution in [0.1, 0.15) is 24.2 Å². The van der Waals surface area contributed by atoms with Gasteiger partial charge in [-0.15, -0.1) is 4.80 Å². The van der Waals surface area contributed by atoms with Crippen LogP contribution in [-0.2, 0) is 4.74 Å². The van der Waals surface area contributed by atoms with Crippen LogP contribution < -0.4 is 10.6 Å².